The third kappa shape index (κ3) is 2.79. The zero-order valence-corrected chi connectivity index (χ0v) is 12.2. The third-order valence-corrected chi connectivity index (χ3v) is 3.56. The Kier molecular flexibility index (Phi) is 3.68. The fourth-order valence-corrected chi connectivity index (χ4v) is 2.33. The Labute approximate surface area is 123 Å². The average Bonchev–Trinajstić information content (AvgIpc) is 3.17. The van der Waals surface area contributed by atoms with Crippen LogP contribution in [0.15, 0.2) is 42.9 Å². The Morgan fingerprint density at radius 3 is 2.90 bits per heavy atom. The van der Waals surface area contributed by atoms with E-state index in [4.69, 9.17) is 0 Å². The molecule has 0 bridgehead atoms. The van der Waals surface area contributed by atoms with E-state index in [0.29, 0.717) is 0 Å². The molecule has 0 aliphatic carbocycles. The van der Waals surface area contributed by atoms with Crippen molar-refractivity contribution in [2.75, 3.05) is 5.32 Å². The number of aryl methyl sites for hydroxylation is 2. The van der Waals surface area contributed by atoms with Crippen molar-refractivity contribution < 1.29 is 0 Å². The van der Waals surface area contributed by atoms with Crippen LogP contribution in [-0.2, 0) is 13.1 Å². The Bertz CT molecular complexity index is 714. The second kappa shape index (κ2) is 5.78. The van der Waals surface area contributed by atoms with Crippen molar-refractivity contribution in [3.63, 3.8) is 0 Å². The number of tetrazole rings is 1. The van der Waals surface area contributed by atoms with Crippen molar-refractivity contribution >= 4 is 5.69 Å². The molecule has 0 aliphatic rings. The van der Waals surface area contributed by atoms with Gasteiger partial charge in [-0.25, -0.2) is 4.68 Å². The lowest BCUT2D eigenvalue weighted by atomic mass is 10.1. The van der Waals surface area contributed by atoms with E-state index in [0.717, 1.165) is 24.5 Å². The summed E-state index contributed by atoms with van der Waals surface area (Å²) in [7, 11) is 0. The molecule has 0 spiro atoms. The summed E-state index contributed by atoms with van der Waals surface area (Å²) < 4.78 is 3.88. The van der Waals surface area contributed by atoms with Crippen molar-refractivity contribution in [2.45, 2.75) is 26.9 Å². The first kappa shape index (κ1) is 13.4. The fourth-order valence-electron chi connectivity index (χ4n) is 2.33. The number of benzene rings is 1. The summed E-state index contributed by atoms with van der Waals surface area (Å²) in [4.78, 5) is 0. The van der Waals surface area contributed by atoms with Crippen LogP contribution in [0.5, 0.6) is 0 Å². The van der Waals surface area contributed by atoms with E-state index in [-0.39, 0.29) is 0 Å². The van der Waals surface area contributed by atoms with E-state index < -0.39 is 0 Å². The molecular weight excluding hydrogens is 264 g/mol. The predicted molar refractivity (Wildman–Crippen MR) is 81.3 cm³/mol. The molecule has 3 rings (SSSR count). The van der Waals surface area contributed by atoms with Gasteiger partial charge in [0.05, 0.1) is 12.2 Å². The molecule has 108 valence electrons. The molecule has 0 radical (unpaired) electrons. The molecule has 0 saturated carbocycles. The van der Waals surface area contributed by atoms with Crippen molar-refractivity contribution in [3.8, 4) is 5.69 Å². The Morgan fingerprint density at radius 1 is 1.24 bits per heavy atom. The van der Waals surface area contributed by atoms with Gasteiger partial charge in [0.2, 0.25) is 0 Å². The maximum absolute atomic E-state index is 3.92. The van der Waals surface area contributed by atoms with Crippen LogP contribution in [0, 0.1) is 6.92 Å². The zero-order valence-electron chi connectivity index (χ0n) is 12.2. The van der Waals surface area contributed by atoms with Gasteiger partial charge in [-0.15, -0.1) is 5.10 Å². The van der Waals surface area contributed by atoms with E-state index >= 15 is 0 Å². The molecule has 0 aliphatic heterocycles. The van der Waals surface area contributed by atoms with E-state index in [1.165, 1.54) is 11.3 Å². The monoisotopic (exact) mass is 282 g/mol. The van der Waals surface area contributed by atoms with E-state index in [1.54, 1.807) is 11.0 Å². The molecule has 0 unspecified atom stereocenters. The number of aromatic nitrogens is 5. The molecule has 0 fully saturated rings. The van der Waals surface area contributed by atoms with Gasteiger partial charge in [-0.3, -0.25) is 0 Å². The minimum atomic E-state index is 0.792. The standard InChI is InChI=1S/C15H18N6/c1-3-20-8-4-5-14(20)10-16-15-9-13(7-6-12(15)2)21-11-17-18-19-21/h4-9,11,16H,3,10H2,1-2H3. The zero-order chi connectivity index (χ0) is 14.7. The van der Waals surface area contributed by atoms with E-state index in [9.17, 15) is 0 Å². The smallest absolute Gasteiger partial charge is 0.143 e. The second-order valence-corrected chi connectivity index (χ2v) is 4.89. The SMILES string of the molecule is CCn1cccc1CNc1cc(-n2cnnn2)ccc1C. The molecule has 0 amide bonds. The highest BCUT2D eigenvalue weighted by atomic mass is 15.5. The van der Waals surface area contributed by atoms with Gasteiger partial charge < -0.3 is 9.88 Å². The summed E-state index contributed by atoms with van der Waals surface area (Å²) in [6.45, 7) is 6.01. The normalized spacial score (nSPS) is 10.8. The molecule has 6 nitrogen and oxygen atoms in total. The average molecular weight is 282 g/mol. The molecule has 2 heterocycles. The highest BCUT2D eigenvalue weighted by Gasteiger charge is 2.05. The van der Waals surface area contributed by atoms with Crippen LogP contribution in [0.1, 0.15) is 18.2 Å². The quantitative estimate of drug-likeness (QED) is 0.780. The maximum Gasteiger partial charge on any atom is 0.143 e. The molecule has 0 atom stereocenters. The van der Waals surface area contributed by atoms with Crippen LogP contribution in [0.2, 0.25) is 0 Å². The van der Waals surface area contributed by atoms with Gasteiger partial charge in [0.1, 0.15) is 6.33 Å². The molecule has 1 aromatic carbocycles. The van der Waals surface area contributed by atoms with E-state index in [1.807, 2.05) is 6.07 Å². The van der Waals surface area contributed by atoms with Crippen molar-refractivity contribution in [2.24, 2.45) is 0 Å². The Morgan fingerprint density at radius 2 is 2.14 bits per heavy atom. The van der Waals surface area contributed by atoms with Gasteiger partial charge in [-0.1, -0.05) is 6.07 Å². The maximum atomic E-state index is 3.92. The molecule has 6 heteroatoms. The molecule has 2 aromatic heterocycles. The first-order valence-corrected chi connectivity index (χ1v) is 7.00. The summed E-state index contributed by atoms with van der Waals surface area (Å²) in [6, 6.07) is 10.3. The fraction of sp³-hybridized carbons (Fsp3) is 0.267. The van der Waals surface area contributed by atoms with Crippen LogP contribution in [0.4, 0.5) is 5.69 Å². The summed E-state index contributed by atoms with van der Waals surface area (Å²) >= 11 is 0. The summed E-state index contributed by atoms with van der Waals surface area (Å²) in [5.74, 6) is 0. The van der Waals surface area contributed by atoms with Gasteiger partial charge in [-0.2, -0.15) is 0 Å². The highest BCUT2D eigenvalue weighted by molar-refractivity contribution is 5.56. The van der Waals surface area contributed by atoms with Crippen molar-refractivity contribution in [1.82, 2.24) is 24.8 Å². The van der Waals surface area contributed by atoms with Gasteiger partial charge in [0.25, 0.3) is 0 Å². The van der Waals surface area contributed by atoms with Crippen LogP contribution in [0.25, 0.3) is 5.69 Å². The van der Waals surface area contributed by atoms with Crippen LogP contribution < -0.4 is 5.32 Å². The van der Waals surface area contributed by atoms with Crippen molar-refractivity contribution in [3.05, 3.63) is 54.1 Å². The second-order valence-electron chi connectivity index (χ2n) is 4.89. The predicted octanol–water partition coefficient (Wildman–Crippen LogP) is 2.40. The van der Waals surface area contributed by atoms with Crippen molar-refractivity contribution in [1.29, 1.82) is 0 Å². The molecule has 3 aromatic rings. The minimum Gasteiger partial charge on any atom is -0.379 e. The van der Waals surface area contributed by atoms with Gasteiger partial charge in [-0.05, 0) is 54.1 Å². The number of nitrogens with one attached hydrogen (secondary N) is 1. The topological polar surface area (TPSA) is 60.6 Å². The number of anilines is 1. The van der Waals surface area contributed by atoms with Gasteiger partial charge in [0, 0.05) is 24.1 Å². The highest BCUT2D eigenvalue weighted by Crippen LogP contribution is 2.19. The lowest BCUT2D eigenvalue weighted by Gasteiger charge is -2.12. The molecule has 0 saturated heterocycles. The molecule has 21 heavy (non-hydrogen) atoms. The Balaban J connectivity index is 1.80. The van der Waals surface area contributed by atoms with Crippen LogP contribution in [0.3, 0.4) is 0 Å². The van der Waals surface area contributed by atoms with Gasteiger partial charge >= 0.3 is 0 Å². The minimum absolute atomic E-state index is 0.792. The van der Waals surface area contributed by atoms with Gasteiger partial charge in [0.15, 0.2) is 0 Å². The number of rotatable bonds is 5. The first-order chi connectivity index (χ1) is 10.3. The molecular formula is C15H18N6. The summed E-state index contributed by atoms with van der Waals surface area (Å²) in [5, 5.41) is 14.7. The molecule has 1 N–H and O–H groups in total. The largest absolute Gasteiger partial charge is 0.379 e. The van der Waals surface area contributed by atoms with Crippen LogP contribution in [-0.4, -0.2) is 24.8 Å². The lowest BCUT2D eigenvalue weighted by Crippen LogP contribution is -2.07. The number of hydrogen-bond donors (Lipinski definition) is 1. The summed E-state index contributed by atoms with van der Waals surface area (Å²) in [5.41, 5.74) is 4.50. The Hall–Kier alpha value is -2.63. The van der Waals surface area contributed by atoms with Crippen LogP contribution >= 0.6 is 0 Å². The van der Waals surface area contributed by atoms with E-state index in [2.05, 4.69) is 69.7 Å². The number of nitrogens with zero attached hydrogens (tertiary/aromatic N) is 5. The first-order valence-electron chi connectivity index (χ1n) is 7.00. The summed E-state index contributed by atoms with van der Waals surface area (Å²) in [6.07, 6.45) is 3.69. The number of hydrogen-bond acceptors (Lipinski definition) is 4. The third-order valence-electron chi connectivity index (χ3n) is 3.56. The lowest BCUT2D eigenvalue weighted by molar-refractivity contribution is 0.724.